The van der Waals surface area contributed by atoms with E-state index in [2.05, 4.69) is 28.9 Å². The Labute approximate surface area is 142 Å². The summed E-state index contributed by atoms with van der Waals surface area (Å²) in [7, 11) is 0. The van der Waals surface area contributed by atoms with Gasteiger partial charge in [0, 0.05) is 31.0 Å². The monoisotopic (exact) mass is 331 g/mol. The van der Waals surface area contributed by atoms with Gasteiger partial charge in [0.25, 0.3) is 0 Å². The highest BCUT2D eigenvalue weighted by molar-refractivity contribution is 5.87. The van der Waals surface area contributed by atoms with E-state index < -0.39 is 0 Å². The maximum atomic E-state index is 12.5. The third kappa shape index (κ3) is 2.57. The van der Waals surface area contributed by atoms with Crippen molar-refractivity contribution in [3.63, 3.8) is 0 Å². The Kier molecular flexibility index (Phi) is 3.95. The van der Waals surface area contributed by atoms with E-state index in [1.54, 1.807) is 6.07 Å². The van der Waals surface area contributed by atoms with E-state index in [4.69, 9.17) is 9.47 Å². The van der Waals surface area contributed by atoms with E-state index in [1.165, 1.54) is 12.8 Å². The van der Waals surface area contributed by atoms with Gasteiger partial charge in [0.15, 0.2) is 11.5 Å². The SMILES string of the molecule is CC1(C)[C@@H]2OCCC[C@H]2[C@H]1OC(=O)c1ccc(N2CCCC2)nn1. The van der Waals surface area contributed by atoms with Crippen LogP contribution in [0.3, 0.4) is 0 Å². The molecule has 0 amide bonds. The molecule has 6 nitrogen and oxygen atoms in total. The number of esters is 1. The Morgan fingerprint density at radius 2 is 2.04 bits per heavy atom. The molecular formula is C18H25N3O3. The molecule has 1 aromatic heterocycles. The predicted octanol–water partition coefficient (Wildman–Crippen LogP) is 2.44. The first kappa shape index (κ1) is 15.8. The number of carbonyl (C=O) groups excluding carboxylic acids is 1. The van der Waals surface area contributed by atoms with Gasteiger partial charge in [-0.1, -0.05) is 13.8 Å². The molecule has 1 aromatic rings. The van der Waals surface area contributed by atoms with Gasteiger partial charge >= 0.3 is 5.97 Å². The van der Waals surface area contributed by atoms with Crippen LogP contribution in [0.1, 0.15) is 50.0 Å². The number of aromatic nitrogens is 2. The summed E-state index contributed by atoms with van der Waals surface area (Å²) in [5, 5.41) is 8.29. The average Bonchev–Trinajstić information content (AvgIpc) is 3.14. The molecule has 1 saturated carbocycles. The highest BCUT2D eigenvalue weighted by Crippen LogP contribution is 2.53. The second kappa shape index (κ2) is 5.99. The third-order valence-corrected chi connectivity index (χ3v) is 5.75. The van der Waals surface area contributed by atoms with Gasteiger partial charge < -0.3 is 14.4 Å². The maximum Gasteiger partial charge on any atom is 0.359 e. The van der Waals surface area contributed by atoms with Gasteiger partial charge in [-0.15, -0.1) is 10.2 Å². The molecule has 2 saturated heterocycles. The number of fused-ring (bicyclic) bond motifs is 1. The summed E-state index contributed by atoms with van der Waals surface area (Å²) >= 11 is 0. The average molecular weight is 331 g/mol. The zero-order valence-corrected chi connectivity index (χ0v) is 14.4. The molecule has 3 heterocycles. The Balaban J connectivity index is 1.42. The molecule has 0 radical (unpaired) electrons. The van der Waals surface area contributed by atoms with Crippen molar-refractivity contribution >= 4 is 11.8 Å². The number of ether oxygens (including phenoxy) is 2. The van der Waals surface area contributed by atoms with E-state index in [-0.39, 0.29) is 29.3 Å². The fraction of sp³-hybridized carbons (Fsp3) is 0.722. The largest absolute Gasteiger partial charge is 0.457 e. The maximum absolute atomic E-state index is 12.5. The van der Waals surface area contributed by atoms with Crippen molar-refractivity contribution in [3.05, 3.63) is 17.8 Å². The molecule has 4 rings (SSSR count). The second-order valence-electron chi connectivity index (χ2n) is 7.72. The van der Waals surface area contributed by atoms with Crippen molar-refractivity contribution in [2.75, 3.05) is 24.6 Å². The van der Waals surface area contributed by atoms with E-state index >= 15 is 0 Å². The minimum absolute atomic E-state index is 0.102. The molecule has 0 spiro atoms. The van der Waals surface area contributed by atoms with Crippen molar-refractivity contribution in [1.29, 1.82) is 0 Å². The molecule has 1 aliphatic carbocycles. The summed E-state index contributed by atoms with van der Waals surface area (Å²) in [6.45, 7) is 7.06. The van der Waals surface area contributed by atoms with Gasteiger partial charge in [-0.3, -0.25) is 0 Å². The lowest BCUT2D eigenvalue weighted by molar-refractivity contribution is -0.243. The molecule has 130 valence electrons. The first-order chi connectivity index (χ1) is 11.6. The second-order valence-corrected chi connectivity index (χ2v) is 7.72. The van der Waals surface area contributed by atoms with Gasteiger partial charge in [-0.25, -0.2) is 4.79 Å². The van der Waals surface area contributed by atoms with Crippen molar-refractivity contribution in [1.82, 2.24) is 10.2 Å². The lowest BCUT2D eigenvalue weighted by Gasteiger charge is -2.58. The Morgan fingerprint density at radius 1 is 1.25 bits per heavy atom. The smallest absolute Gasteiger partial charge is 0.359 e. The van der Waals surface area contributed by atoms with Crippen molar-refractivity contribution in [2.24, 2.45) is 11.3 Å². The van der Waals surface area contributed by atoms with Crippen LogP contribution in [0.25, 0.3) is 0 Å². The van der Waals surface area contributed by atoms with E-state index in [0.29, 0.717) is 5.92 Å². The van der Waals surface area contributed by atoms with Gasteiger partial charge in [0.05, 0.1) is 6.10 Å². The zero-order chi connectivity index (χ0) is 16.7. The minimum atomic E-state index is -0.377. The summed E-state index contributed by atoms with van der Waals surface area (Å²) < 4.78 is 11.6. The van der Waals surface area contributed by atoms with Crippen LogP contribution in [0.5, 0.6) is 0 Å². The van der Waals surface area contributed by atoms with Crippen LogP contribution in [0, 0.1) is 11.3 Å². The summed E-state index contributed by atoms with van der Waals surface area (Å²) in [5.41, 5.74) is 0.151. The lowest BCUT2D eigenvalue weighted by atomic mass is 9.57. The Bertz CT molecular complexity index is 610. The molecule has 0 N–H and O–H groups in total. The topological polar surface area (TPSA) is 64.6 Å². The van der Waals surface area contributed by atoms with Crippen molar-refractivity contribution in [3.8, 4) is 0 Å². The molecule has 0 bridgehead atoms. The number of carbonyl (C=O) groups is 1. The minimum Gasteiger partial charge on any atom is -0.457 e. The van der Waals surface area contributed by atoms with E-state index in [9.17, 15) is 4.79 Å². The number of anilines is 1. The number of rotatable bonds is 3. The molecule has 2 aliphatic heterocycles. The molecule has 0 aromatic carbocycles. The highest BCUT2D eigenvalue weighted by atomic mass is 16.6. The number of hydrogen-bond donors (Lipinski definition) is 0. The fourth-order valence-electron chi connectivity index (χ4n) is 4.44. The van der Waals surface area contributed by atoms with Crippen molar-refractivity contribution < 1.29 is 14.3 Å². The Morgan fingerprint density at radius 3 is 2.75 bits per heavy atom. The fourth-order valence-corrected chi connectivity index (χ4v) is 4.44. The molecule has 3 aliphatic rings. The number of hydrogen-bond acceptors (Lipinski definition) is 6. The third-order valence-electron chi connectivity index (χ3n) is 5.75. The summed E-state index contributed by atoms with van der Waals surface area (Å²) in [4.78, 5) is 14.7. The van der Waals surface area contributed by atoms with Gasteiger partial charge in [0.1, 0.15) is 6.10 Å². The zero-order valence-electron chi connectivity index (χ0n) is 14.4. The quantitative estimate of drug-likeness (QED) is 0.793. The van der Waals surface area contributed by atoms with Crippen LogP contribution < -0.4 is 4.90 Å². The number of nitrogens with zero attached hydrogens (tertiary/aromatic N) is 3. The van der Waals surface area contributed by atoms with Crippen LogP contribution in [-0.2, 0) is 9.47 Å². The van der Waals surface area contributed by atoms with Crippen molar-refractivity contribution in [2.45, 2.75) is 51.7 Å². The molecular weight excluding hydrogens is 306 g/mol. The normalized spacial score (nSPS) is 31.2. The van der Waals surface area contributed by atoms with Crippen LogP contribution >= 0.6 is 0 Å². The van der Waals surface area contributed by atoms with Gasteiger partial charge in [-0.2, -0.15) is 0 Å². The van der Waals surface area contributed by atoms with Gasteiger partial charge in [-0.05, 0) is 37.8 Å². The molecule has 3 fully saturated rings. The summed E-state index contributed by atoms with van der Waals surface area (Å²) in [6.07, 6.45) is 4.57. The molecule has 6 heteroatoms. The molecule has 3 atom stereocenters. The van der Waals surface area contributed by atoms with Crippen LogP contribution in [0.2, 0.25) is 0 Å². The predicted molar refractivity (Wildman–Crippen MR) is 88.9 cm³/mol. The van der Waals surface area contributed by atoms with E-state index in [1.807, 2.05) is 6.07 Å². The first-order valence-corrected chi connectivity index (χ1v) is 8.98. The highest BCUT2D eigenvalue weighted by Gasteiger charge is 2.60. The summed E-state index contributed by atoms with van der Waals surface area (Å²) in [6, 6.07) is 3.59. The lowest BCUT2D eigenvalue weighted by Crippen LogP contribution is -2.65. The van der Waals surface area contributed by atoms with Crippen LogP contribution in [0.4, 0.5) is 5.82 Å². The molecule has 0 unspecified atom stereocenters. The van der Waals surface area contributed by atoms with Crippen LogP contribution in [0.15, 0.2) is 12.1 Å². The van der Waals surface area contributed by atoms with Crippen LogP contribution in [-0.4, -0.2) is 48.1 Å². The van der Waals surface area contributed by atoms with E-state index in [0.717, 1.165) is 38.4 Å². The molecule has 24 heavy (non-hydrogen) atoms. The van der Waals surface area contributed by atoms with Gasteiger partial charge in [0.2, 0.25) is 0 Å². The standard InChI is InChI=1S/C18H25N3O3/c1-18(2)15-12(6-5-11-23-15)16(18)24-17(22)13-7-8-14(20-19-13)21-9-3-4-10-21/h7-8,12,15-16H,3-6,9-11H2,1-2H3/t12-,15-,16-/m1/s1. The summed E-state index contributed by atoms with van der Waals surface area (Å²) in [5.74, 6) is 0.779. The Hall–Kier alpha value is -1.69. The first-order valence-electron chi connectivity index (χ1n) is 8.98.